The van der Waals surface area contributed by atoms with Gasteiger partial charge in [-0.25, -0.2) is 0 Å². The first-order valence-corrected chi connectivity index (χ1v) is 6.99. The molecule has 1 aliphatic heterocycles. The van der Waals surface area contributed by atoms with E-state index < -0.39 is 0 Å². The number of nitriles is 1. The van der Waals surface area contributed by atoms with Gasteiger partial charge in [0.15, 0.2) is 5.78 Å². The number of fused-ring (bicyclic) bond motifs is 2. The number of allylic oxidation sites excluding steroid dienone is 3. The lowest BCUT2D eigenvalue weighted by molar-refractivity contribution is -0.117. The minimum Gasteiger partial charge on any atom is -0.360 e. The zero-order valence-electron chi connectivity index (χ0n) is 11.2. The molecule has 0 N–H and O–H groups in total. The molecular weight excluding hydrogens is 236 g/mol. The highest BCUT2D eigenvalue weighted by Gasteiger charge is 2.42. The minimum atomic E-state index is 0.254. The van der Waals surface area contributed by atoms with Gasteiger partial charge >= 0.3 is 0 Å². The highest BCUT2D eigenvalue weighted by Crippen LogP contribution is 2.43. The van der Waals surface area contributed by atoms with Gasteiger partial charge in [-0.2, -0.15) is 5.26 Å². The van der Waals surface area contributed by atoms with E-state index in [1.807, 2.05) is 0 Å². The van der Waals surface area contributed by atoms with E-state index in [9.17, 15) is 4.79 Å². The molecule has 0 saturated heterocycles. The Labute approximate surface area is 113 Å². The summed E-state index contributed by atoms with van der Waals surface area (Å²) >= 11 is 0. The first-order valence-electron chi connectivity index (χ1n) is 6.99. The summed E-state index contributed by atoms with van der Waals surface area (Å²) in [4.78, 5) is 14.4. The van der Waals surface area contributed by atoms with Gasteiger partial charge in [0.25, 0.3) is 0 Å². The van der Waals surface area contributed by atoms with Crippen LogP contribution in [0.5, 0.6) is 0 Å². The van der Waals surface area contributed by atoms with Gasteiger partial charge in [0.05, 0.1) is 24.2 Å². The lowest BCUT2D eigenvalue weighted by Gasteiger charge is -2.30. The number of carbonyl (C=O) groups is 1. The second-order valence-corrected chi connectivity index (χ2v) is 5.54. The largest absolute Gasteiger partial charge is 0.360 e. The predicted octanol–water partition coefficient (Wildman–Crippen LogP) is 2.72. The van der Waals surface area contributed by atoms with Crippen LogP contribution < -0.4 is 0 Å². The van der Waals surface area contributed by atoms with Crippen LogP contribution in [0.15, 0.2) is 35.1 Å². The maximum Gasteiger partial charge on any atom is 0.178 e. The number of nitrogens with zero attached hydrogens (tertiary/aromatic N) is 2. The molecule has 0 bridgehead atoms. The van der Waals surface area contributed by atoms with E-state index in [0.717, 1.165) is 18.5 Å². The van der Waals surface area contributed by atoms with Crippen LogP contribution in [0.4, 0.5) is 0 Å². The Morgan fingerprint density at radius 3 is 3.11 bits per heavy atom. The van der Waals surface area contributed by atoms with E-state index in [4.69, 9.17) is 5.26 Å². The van der Waals surface area contributed by atoms with Crippen molar-refractivity contribution in [3.05, 3.63) is 35.1 Å². The first kappa shape index (κ1) is 12.2. The Kier molecular flexibility index (Phi) is 3.02. The maximum atomic E-state index is 12.2. The second-order valence-electron chi connectivity index (χ2n) is 5.54. The maximum absolute atomic E-state index is 12.2. The van der Waals surface area contributed by atoms with Gasteiger partial charge in [-0.15, -0.1) is 0 Å². The van der Waals surface area contributed by atoms with Gasteiger partial charge in [-0.1, -0.05) is 23.8 Å². The number of carbonyl (C=O) groups excluding carboxylic acids is 1. The predicted molar refractivity (Wildman–Crippen MR) is 73.0 cm³/mol. The van der Waals surface area contributed by atoms with Crippen LogP contribution >= 0.6 is 0 Å². The molecule has 3 rings (SSSR count). The van der Waals surface area contributed by atoms with Crippen LogP contribution in [0, 0.1) is 17.2 Å². The quantitative estimate of drug-likeness (QED) is 0.761. The Bertz CT molecular complexity index is 548. The molecule has 0 spiro atoms. The topological polar surface area (TPSA) is 44.1 Å². The second kappa shape index (κ2) is 4.70. The highest BCUT2D eigenvalue weighted by atomic mass is 16.1. The molecule has 3 heteroatoms. The zero-order chi connectivity index (χ0) is 13.4. The van der Waals surface area contributed by atoms with Crippen LogP contribution in [0.2, 0.25) is 0 Å². The summed E-state index contributed by atoms with van der Waals surface area (Å²) < 4.78 is 0. The van der Waals surface area contributed by atoms with Crippen LogP contribution in [-0.4, -0.2) is 23.3 Å². The molecule has 3 aliphatic rings. The molecule has 0 aromatic heterocycles. The molecule has 0 aromatic carbocycles. The molecule has 0 amide bonds. The molecule has 0 fully saturated rings. The van der Waals surface area contributed by atoms with Crippen molar-refractivity contribution >= 4 is 5.78 Å². The van der Waals surface area contributed by atoms with Crippen LogP contribution in [0.3, 0.4) is 0 Å². The van der Waals surface area contributed by atoms with E-state index in [0.29, 0.717) is 25.3 Å². The molecule has 0 radical (unpaired) electrons. The monoisotopic (exact) mass is 254 g/mol. The number of hydrogen-bond donors (Lipinski definition) is 0. The molecule has 2 atom stereocenters. The van der Waals surface area contributed by atoms with Crippen molar-refractivity contribution in [1.82, 2.24) is 4.90 Å². The van der Waals surface area contributed by atoms with E-state index in [1.165, 1.54) is 11.1 Å². The highest BCUT2D eigenvalue weighted by molar-refractivity contribution is 5.97. The minimum absolute atomic E-state index is 0.254. The lowest BCUT2D eigenvalue weighted by atomic mass is 9.83. The van der Waals surface area contributed by atoms with Crippen molar-refractivity contribution < 1.29 is 4.79 Å². The fourth-order valence-electron chi connectivity index (χ4n) is 3.52. The van der Waals surface area contributed by atoms with Crippen molar-refractivity contribution in [2.45, 2.75) is 38.6 Å². The van der Waals surface area contributed by atoms with E-state index in [1.54, 1.807) is 0 Å². The Hall–Kier alpha value is -1.82. The fraction of sp³-hybridized carbons (Fsp3) is 0.500. The fourth-order valence-corrected chi connectivity index (χ4v) is 3.52. The number of hydrogen-bond acceptors (Lipinski definition) is 3. The molecule has 19 heavy (non-hydrogen) atoms. The Morgan fingerprint density at radius 2 is 2.32 bits per heavy atom. The number of Topliss-reactive ketones (excluding diaryl/α,β-unsaturated/α-hetero) is 1. The van der Waals surface area contributed by atoms with Crippen molar-refractivity contribution in [3.63, 3.8) is 0 Å². The number of rotatable bonds is 2. The van der Waals surface area contributed by atoms with Crippen molar-refractivity contribution in [2.75, 3.05) is 6.54 Å². The molecule has 0 aromatic rings. The van der Waals surface area contributed by atoms with E-state index in [-0.39, 0.29) is 11.8 Å². The molecular formula is C16H18N2O. The van der Waals surface area contributed by atoms with Gasteiger partial charge < -0.3 is 4.90 Å². The first-order chi connectivity index (χ1) is 9.22. The molecule has 0 unspecified atom stereocenters. The van der Waals surface area contributed by atoms with Crippen LogP contribution in [-0.2, 0) is 4.79 Å². The smallest absolute Gasteiger partial charge is 0.178 e. The third-order valence-electron chi connectivity index (χ3n) is 4.30. The van der Waals surface area contributed by atoms with Gasteiger partial charge in [0, 0.05) is 18.9 Å². The average Bonchev–Trinajstić information content (AvgIpc) is 2.71. The Morgan fingerprint density at radius 1 is 1.47 bits per heavy atom. The zero-order valence-corrected chi connectivity index (χ0v) is 11.2. The number of ketones is 1. The van der Waals surface area contributed by atoms with Crippen LogP contribution in [0.1, 0.15) is 32.6 Å². The summed E-state index contributed by atoms with van der Waals surface area (Å²) in [6.45, 7) is 2.77. The van der Waals surface area contributed by atoms with Gasteiger partial charge in [0.2, 0.25) is 0 Å². The van der Waals surface area contributed by atoms with Gasteiger partial charge in [-0.05, 0) is 25.3 Å². The molecule has 3 nitrogen and oxygen atoms in total. The molecule has 98 valence electrons. The van der Waals surface area contributed by atoms with Gasteiger partial charge in [-0.3, -0.25) is 4.79 Å². The summed E-state index contributed by atoms with van der Waals surface area (Å²) in [6.07, 6.45) is 9.75. The average molecular weight is 254 g/mol. The SMILES string of the molecule is CC1=C[C@H]2C3=C(C(=O)CCC3)N(CCC#N)[C@@H]2C=C1. The van der Waals surface area contributed by atoms with Crippen molar-refractivity contribution in [2.24, 2.45) is 5.92 Å². The van der Waals surface area contributed by atoms with E-state index in [2.05, 4.69) is 36.1 Å². The third kappa shape index (κ3) is 1.92. The molecule has 1 heterocycles. The van der Waals surface area contributed by atoms with E-state index >= 15 is 0 Å². The molecule has 2 aliphatic carbocycles. The summed E-state index contributed by atoms with van der Waals surface area (Å²) in [5, 5.41) is 8.82. The summed E-state index contributed by atoms with van der Waals surface area (Å²) in [7, 11) is 0. The van der Waals surface area contributed by atoms with Crippen molar-refractivity contribution in [1.29, 1.82) is 5.26 Å². The molecule has 0 saturated carbocycles. The summed E-state index contributed by atoms with van der Waals surface area (Å²) in [5.41, 5.74) is 3.50. The third-order valence-corrected chi connectivity index (χ3v) is 4.30. The lowest BCUT2D eigenvalue weighted by Crippen LogP contribution is -2.35. The van der Waals surface area contributed by atoms with Crippen LogP contribution in [0.25, 0.3) is 0 Å². The van der Waals surface area contributed by atoms with Crippen molar-refractivity contribution in [3.8, 4) is 6.07 Å². The standard InChI is InChI=1S/C16H18N2O/c1-11-6-7-14-13(10-11)12-4-2-5-15(19)16(12)18(14)9-3-8-17/h6-7,10,13-14H,2-5,9H2,1H3/t13-,14+/m0/s1. The normalized spacial score (nSPS) is 28.9. The summed E-state index contributed by atoms with van der Waals surface area (Å²) in [6, 6.07) is 2.45. The van der Waals surface area contributed by atoms with Gasteiger partial charge in [0.1, 0.15) is 0 Å². The summed E-state index contributed by atoms with van der Waals surface area (Å²) in [5.74, 6) is 0.621. The Balaban J connectivity index is 2.00.